The molecular formula is C15H15ClFN3O. The van der Waals surface area contributed by atoms with Gasteiger partial charge in [-0.25, -0.2) is 9.37 Å². The molecule has 1 aliphatic rings. The van der Waals surface area contributed by atoms with E-state index in [-0.39, 0.29) is 11.3 Å². The maximum atomic E-state index is 13.3. The Hall–Kier alpha value is -1.69. The number of aromatic nitrogens is 1. The van der Waals surface area contributed by atoms with Gasteiger partial charge < -0.3 is 15.4 Å². The van der Waals surface area contributed by atoms with E-state index in [9.17, 15) is 4.39 Å². The predicted molar refractivity (Wildman–Crippen MR) is 80.5 cm³/mol. The number of halogens is 2. The Balaban J connectivity index is 1.70. The minimum Gasteiger partial charge on any atom is -0.371 e. The van der Waals surface area contributed by atoms with Crippen molar-refractivity contribution in [2.45, 2.75) is 6.10 Å². The summed E-state index contributed by atoms with van der Waals surface area (Å²) in [6.45, 7) is 2.44. The van der Waals surface area contributed by atoms with Crippen LogP contribution in [0.25, 0.3) is 0 Å². The number of anilines is 2. The number of nitrogens with zero attached hydrogens (tertiary/aromatic N) is 1. The van der Waals surface area contributed by atoms with Crippen molar-refractivity contribution in [2.24, 2.45) is 0 Å². The minimum atomic E-state index is -0.542. The van der Waals surface area contributed by atoms with Crippen LogP contribution in [0.3, 0.4) is 0 Å². The smallest absolute Gasteiger partial charge is 0.164 e. The second-order valence-electron chi connectivity index (χ2n) is 4.81. The zero-order chi connectivity index (χ0) is 14.7. The average Bonchev–Trinajstić information content (AvgIpc) is 2.53. The number of nitrogens with one attached hydrogen (secondary N) is 2. The van der Waals surface area contributed by atoms with E-state index in [1.807, 2.05) is 24.3 Å². The van der Waals surface area contributed by atoms with E-state index < -0.39 is 5.82 Å². The number of hydrogen-bond donors (Lipinski definition) is 2. The molecule has 0 saturated carbocycles. The lowest BCUT2D eigenvalue weighted by Crippen LogP contribution is -2.33. The van der Waals surface area contributed by atoms with Crippen molar-refractivity contribution >= 4 is 23.0 Å². The highest BCUT2D eigenvalue weighted by Gasteiger charge is 2.15. The molecular weight excluding hydrogens is 293 g/mol. The SMILES string of the molecule is Fc1cc(Nc2ccc(C3CNCCO3)cc2)cnc1Cl. The molecule has 1 unspecified atom stereocenters. The summed E-state index contributed by atoms with van der Waals surface area (Å²) < 4.78 is 19.0. The van der Waals surface area contributed by atoms with Crippen molar-refractivity contribution in [1.29, 1.82) is 0 Å². The second-order valence-corrected chi connectivity index (χ2v) is 5.17. The Bertz CT molecular complexity index is 615. The Morgan fingerprint density at radius 2 is 2.10 bits per heavy atom. The summed E-state index contributed by atoms with van der Waals surface area (Å²) in [7, 11) is 0. The van der Waals surface area contributed by atoms with Crippen molar-refractivity contribution in [2.75, 3.05) is 25.0 Å². The molecule has 110 valence electrons. The molecule has 1 aromatic carbocycles. The van der Waals surface area contributed by atoms with Gasteiger partial charge in [-0.05, 0) is 17.7 Å². The van der Waals surface area contributed by atoms with Gasteiger partial charge in [0.05, 0.1) is 24.6 Å². The summed E-state index contributed by atoms with van der Waals surface area (Å²) in [6.07, 6.45) is 1.58. The van der Waals surface area contributed by atoms with Gasteiger partial charge in [-0.1, -0.05) is 23.7 Å². The fraction of sp³-hybridized carbons (Fsp3) is 0.267. The van der Waals surface area contributed by atoms with E-state index in [1.54, 1.807) is 0 Å². The van der Waals surface area contributed by atoms with Crippen molar-refractivity contribution in [3.8, 4) is 0 Å². The predicted octanol–water partition coefficient (Wildman–Crippen LogP) is 3.28. The van der Waals surface area contributed by atoms with Gasteiger partial charge in [-0.2, -0.15) is 0 Å². The molecule has 6 heteroatoms. The van der Waals surface area contributed by atoms with Crippen LogP contribution in [0.2, 0.25) is 5.15 Å². The van der Waals surface area contributed by atoms with Crippen LogP contribution < -0.4 is 10.6 Å². The molecule has 2 heterocycles. The lowest BCUT2D eigenvalue weighted by atomic mass is 10.1. The zero-order valence-corrected chi connectivity index (χ0v) is 12.0. The highest BCUT2D eigenvalue weighted by Crippen LogP contribution is 2.23. The molecule has 0 spiro atoms. The highest BCUT2D eigenvalue weighted by molar-refractivity contribution is 6.29. The molecule has 1 atom stereocenters. The van der Waals surface area contributed by atoms with E-state index in [4.69, 9.17) is 16.3 Å². The molecule has 0 bridgehead atoms. The Morgan fingerprint density at radius 1 is 1.29 bits per heavy atom. The standard InChI is InChI=1S/C15H15ClFN3O/c16-15-13(17)7-12(8-19-15)20-11-3-1-10(2-4-11)14-9-18-5-6-21-14/h1-4,7-8,14,18,20H,5-6,9H2. The summed E-state index contributed by atoms with van der Waals surface area (Å²) in [5, 5.41) is 6.25. The quantitative estimate of drug-likeness (QED) is 0.854. The molecule has 1 aromatic heterocycles. The molecule has 2 N–H and O–H groups in total. The first-order valence-electron chi connectivity index (χ1n) is 6.73. The van der Waals surface area contributed by atoms with Gasteiger partial charge >= 0.3 is 0 Å². The maximum Gasteiger partial charge on any atom is 0.164 e. The first-order chi connectivity index (χ1) is 10.2. The molecule has 0 aliphatic carbocycles. The fourth-order valence-electron chi connectivity index (χ4n) is 2.22. The van der Waals surface area contributed by atoms with Gasteiger partial charge in [0.1, 0.15) is 0 Å². The Kier molecular flexibility index (Phi) is 4.34. The molecule has 3 rings (SSSR count). The van der Waals surface area contributed by atoms with Crippen LogP contribution in [0, 0.1) is 5.82 Å². The van der Waals surface area contributed by atoms with Crippen LogP contribution in [0.15, 0.2) is 36.5 Å². The zero-order valence-electron chi connectivity index (χ0n) is 11.3. The van der Waals surface area contributed by atoms with E-state index >= 15 is 0 Å². The normalized spacial score (nSPS) is 18.5. The van der Waals surface area contributed by atoms with Crippen LogP contribution >= 0.6 is 11.6 Å². The number of pyridine rings is 1. The third kappa shape index (κ3) is 3.50. The van der Waals surface area contributed by atoms with Gasteiger partial charge in [0.25, 0.3) is 0 Å². The lowest BCUT2D eigenvalue weighted by molar-refractivity contribution is 0.0277. The summed E-state index contributed by atoms with van der Waals surface area (Å²) >= 11 is 5.56. The number of rotatable bonds is 3. The molecule has 0 radical (unpaired) electrons. The van der Waals surface area contributed by atoms with Crippen LogP contribution in [0.1, 0.15) is 11.7 Å². The van der Waals surface area contributed by atoms with Crippen LogP contribution in [0.5, 0.6) is 0 Å². The van der Waals surface area contributed by atoms with Crippen molar-refractivity contribution in [3.63, 3.8) is 0 Å². The highest BCUT2D eigenvalue weighted by atomic mass is 35.5. The summed E-state index contributed by atoms with van der Waals surface area (Å²) in [5.74, 6) is -0.542. The monoisotopic (exact) mass is 307 g/mol. The van der Waals surface area contributed by atoms with Crippen LogP contribution in [-0.2, 0) is 4.74 Å². The van der Waals surface area contributed by atoms with Crippen molar-refractivity contribution < 1.29 is 9.13 Å². The molecule has 1 fully saturated rings. The first kappa shape index (κ1) is 14.3. The molecule has 4 nitrogen and oxygen atoms in total. The molecule has 1 saturated heterocycles. The molecule has 1 aliphatic heterocycles. The van der Waals surface area contributed by atoms with Crippen molar-refractivity contribution in [3.05, 3.63) is 53.1 Å². The van der Waals surface area contributed by atoms with Gasteiger partial charge in [-0.3, -0.25) is 0 Å². The number of benzene rings is 1. The van der Waals surface area contributed by atoms with E-state index in [2.05, 4.69) is 15.6 Å². The minimum absolute atomic E-state index is 0.0856. The summed E-state index contributed by atoms with van der Waals surface area (Å²) in [4.78, 5) is 3.77. The summed E-state index contributed by atoms with van der Waals surface area (Å²) in [6, 6.07) is 9.18. The van der Waals surface area contributed by atoms with E-state index in [0.29, 0.717) is 5.69 Å². The number of ether oxygens (including phenoxy) is 1. The fourth-order valence-corrected chi connectivity index (χ4v) is 2.32. The Morgan fingerprint density at radius 3 is 2.76 bits per heavy atom. The molecule has 21 heavy (non-hydrogen) atoms. The molecule has 2 aromatic rings. The first-order valence-corrected chi connectivity index (χ1v) is 7.10. The largest absolute Gasteiger partial charge is 0.371 e. The Labute approximate surface area is 127 Å². The van der Waals surface area contributed by atoms with E-state index in [1.165, 1.54) is 12.3 Å². The van der Waals surface area contributed by atoms with Gasteiger partial charge in [0.2, 0.25) is 0 Å². The van der Waals surface area contributed by atoms with Crippen molar-refractivity contribution in [1.82, 2.24) is 10.3 Å². The maximum absolute atomic E-state index is 13.3. The van der Waals surface area contributed by atoms with E-state index in [0.717, 1.165) is 30.9 Å². The number of morpholine rings is 1. The number of hydrogen-bond acceptors (Lipinski definition) is 4. The average molecular weight is 308 g/mol. The third-order valence-electron chi connectivity index (χ3n) is 3.30. The topological polar surface area (TPSA) is 46.2 Å². The molecule has 0 amide bonds. The van der Waals surface area contributed by atoms with Crippen LogP contribution in [0.4, 0.5) is 15.8 Å². The summed E-state index contributed by atoms with van der Waals surface area (Å²) in [5.41, 5.74) is 2.53. The lowest BCUT2D eigenvalue weighted by Gasteiger charge is -2.24. The third-order valence-corrected chi connectivity index (χ3v) is 3.57. The van der Waals surface area contributed by atoms with Crippen LogP contribution in [-0.4, -0.2) is 24.7 Å². The van der Waals surface area contributed by atoms with Gasteiger partial charge in [0.15, 0.2) is 11.0 Å². The van der Waals surface area contributed by atoms with Gasteiger partial charge in [-0.15, -0.1) is 0 Å². The van der Waals surface area contributed by atoms with Gasteiger partial charge in [0, 0.05) is 24.8 Å². The second kappa shape index (κ2) is 6.39.